The summed E-state index contributed by atoms with van der Waals surface area (Å²) in [4.78, 5) is 17.7. The van der Waals surface area contributed by atoms with E-state index in [1.807, 2.05) is 12.3 Å². The molecule has 7 heteroatoms. The molecule has 1 amide bonds. The maximum Gasteiger partial charge on any atom is 0.337 e. The number of aryl methyl sites for hydroxylation is 1. The summed E-state index contributed by atoms with van der Waals surface area (Å²) in [5.41, 5.74) is 1.96. The summed E-state index contributed by atoms with van der Waals surface area (Å²) in [5.74, 6) is 0.179. The second-order valence-electron chi connectivity index (χ2n) is 4.61. The van der Waals surface area contributed by atoms with E-state index in [1.165, 1.54) is 16.9 Å². The molecule has 0 fully saturated rings. The number of thiophene rings is 1. The molecule has 2 aromatic rings. The number of aromatic amines is 1. The van der Waals surface area contributed by atoms with Crippen molar-refractivity contribution in [1.29, 1.82) is 0 Å². The lowest BCUT2D eigenvalue weighted by atomic mass is 9.96. The molecule has 6 nitrogen and oxygen atoms in total. The minimum Gasteiger partial charge on any atom is -0.463 e. The van der Waals surface area contributed by atoms with Crippen molar-refractivity contribution in [3.8, 4) is 6.01 Å². The summed E-state index contributed by atoms with van der Waals surface area (Å²) < 4.78 is 5.15. The predicted octanol–water partition coefficient (Wildman–Crippen LogP) is 2.40. The molecular weight excluding hydrogens is 276 g/mol. The number of nitrogens with one attached hydrogen (secondary N) is 2. The minimum absolute atomic E-state index is 0.136. The maximum absolute atomic E-state index is 12.3. The Labute approximate surface area is 120 Å². The van der Waals surface area contributed by atoms with Gasteiger partial charge in [-0.05, 0) is 38.2 Å². The monoisotopic (exact) mass is 292 g/mol. The predicted molar refractivity (Wildman–Crippen MR) is 76.5 cm³/mol. The number of H-pyrrole nitrogens is 1. The third-order valence-electron chi connectivity index (χ3n) is 3.28. The van der Waals surface area contributed by atoms with Gasteiger partial charge in [-0.25, -0.2) is 5.10 Å². The summed E-state index contributed by atoms with van der Waals surface area (Å²) in [7, 11) is 0. The van der Waals surface area contributed by atoms with E-state index in [2.05, 4.69) is 20.5 Å². The highest BCUT2D eigenvalue weighted by atomic mass is 32.1. The van der Waals surface area contributed by atoms with Crippen LogP contribution in [0.15, 0.2) is 5.38 Å². The molecule has 0 saturated carbocycles. The first-order valence-electron chi connectivity index (χ1n) is 6.73. The number of hydrogen-bond donors (Lipinski definition) is 2. The average Bonchev–Trinajstić information content (AvgIpc) is 3.06. The van der Waals surface area contributed by atoms with Gasteiger partial charge in [0, 0.05) is 10.3 Å². The van der Waals surface area contributed by atoms with E-state index in [1.54, 1.807) is 11.3 Å². The summed E-state index contributed by atoms with van der Waals surface area (Å²) in [6, 6.07) is 0.246. The van der Waals surface area contributed by atoms with E-state index in [4.69, 9.17) is 4.74 Å². The third-order valence-corrected chi connectivity index (χ3v) is 4.36. The molecule has 20 heavy (non-hydrogen) atoms. The lowest BCUT2D eigenvalue weighted by molar-refractivity contribution is 0.102. The molecule has 0 unspecified atom stereocenters. The number of nitrogens with zero attached hydrogens (tertiary/aromatic N) is 2. The molecule has 2 aromatic heterocycles. The van der Waals surface area contributed by atoms with Crippen LogP contribution >= 0.6 is 11.3 Å². The highest BCUT2D eigenvalue weighted by molar-refractivity contribution is 7.10. The molecule has 0 bridgehead atoms. The number of rotatable bonds is 4. The number of hydrogen-bond acceptors (Lipinski definition) is 5. The molecule has 0 radical (unpaired) electrons. The van der Waals surface area contributed by atoms with Crippen molar-refractivity contribution in [2.45, 2.75) is 32.6 Å². The Hall–Kier alpha value is -1.89. The number of carbonyl (C=O) groups is 1. The first-order valence-corrected chi connectivity index (χ1v) is 7.61. The summed E-state index contributed by atoms with van der Waals surface area (Å²) in [6.45, 7) is 2.34. The van der Waals surface area contributed by atoms with Gasteiger partial charge in [-0.1, -0.05) is 0 Å². The van der Waals surface area contributed by atoms with E-state index >= 15 is 0 Å². The molecule has 0 spiro atoms. The van der Waals surface area contributed by atoms with Crippen molar-refractivity contribution in [1.82, 2.24) is 15.2 Å². The van der Waals surface area contributed by atoms with Crippen LogP contribution in [0.5, 0.6) is 6.01 Å². The van der Waals surface area contributed by atoms with Gasteiger partial charge in [0.15, 0.2) is 0 Å². The molecule has 1 aliphatic rings. The Morgan fingerprint density at radius 3 is 3.20 bits per heavy atom. The largest absolute Gasteiger partial charge is 0.463 e. The van der Waals surface area contributed by atoms with Crippen molar-refractivity contribution < 1.29 is 9.53 Å². The number of aromatic nitrogens is 3. The van der Waals surface area contributed by atoms with Crippen LogP contribution in [0.1, 0.15) is 40.6 Å². The highest BCUT2D eigenvalue weighted by Crippen LogP contribution is 2.30. The summed E-state index contributed by atoms with van der Waals surface area (Å²) in [6.07, 6.45) is 4.45. The van der Waals surface area contributed by atoms with Crippen LogP contribution in [0.4, 0.5) is 5.95 Å². The zero-order valence-corrected chi connectivity index (χ0v) is 12.0. The van der Waals surface area contributed by atoms with Crippen LogP contribution in [0.2, 0.25) is 0 Å². The van der Waals surface area contributed by atoms with Crippen molar-refractivity contribution in [3.05, 3.63) is 21.4 Å². The molecule has 0 saturated heterocycles. The van der Waals surface area contributed by atoms with Gasteiger partial charge in [0.05, 0.1) is 12.2 Å². The number of ether oxygens (including phenoxy) is 1. The number of amides is 1. The molecule has 2 N–H and O–H groups in total. The second kappa shape index (κ2) is 5.62. The van der Waals surface area contributed by atoms with Gasteiger partial charge in [-0.3, -0.25) is 10.1 Å². The first-order chi connectivity index (χ1) is 9.78. The van der Waals surface area contributed by atoms with Gasteiger partial charge >= 0.3 is 6.01 Å². The standard InChI is InChI=1S/C13H16N4O2S/c1-2-19-13-15-12(16-17-13)14-11(18)9-7-20-10-6-4-3-5-8(9)10/h7H,2-6H2,1H3,(H2,14,15,16,17,18). The molecule has 0 aliphatic heterocycles. The van der Waals surface area contributed by atoms with Crippen molar-refractivity contribution in [2.24, 2.45) is 0 Å². The smallest absolute Gasteiger partial charge is 0.337 e. The molecule has 106 valence electrons. The van der Waals surface area contributed by atoms with Crippen LogP contribution in [0, 0.1) is 0 Å². The topological polar surface area (TPSA) is 79.9 Å². The molecule has 3 rings (SSSR count). The van der Waals surface area contributed by atoms with Crippen molar-refractivity contribution in [2.75, 3.05) is 11.9 Å². The van der Waals surface area contributed by atoms with Crippen LogP contribution in [-0.4, -0.2) is 27.7 Å². The van der Waals surface area contributed by atoms with Crippen LogP contribution in [-0.2, 0) is 12.8 Å². The van der Waals surface area contributed by atoms with Gasteiger partial charge in [-0.2, -0.15) is 4.98 Å². The van der Waals surface area contributed by atoms with Gasteiger partial charge < -0.3 is 4.74 Å². The SMILES string of the molecule is CCOc1n[nH]c(NC(=O)c2csc3c2CCCC3)n1. The van der Waals surface area contributed by atoms with Gasteiger partial charge in [-0.15, -0.1) is 16.4 Å². The Morgan fingerprint density at radius 2 is 2.35 bits per heavy atom. The van der Waals surface area contributed by atoms with Gasteiger partial charge in [0.2, 0.25) is 5.95 Å². The molecule has 1 aliphatic carbocycles. The lowest BCUT2D eigenvalue weighted by Crippen LogP contribution is -2.15. The van der Waals surface area contributed by atoms with Crippen molar-refractivity contribution in [3.63, 3.8) is 0 Å². The van der Waals surface area contributed by atoms with E-state index in [9.17, 15) is 4.79 Å². The number of fused-ring (bicyclic) bond motifs is 1. The van der Waals surface area contributed by atoms with E-state index in [-0.39, 0.29) is 11.9 Å². The normalized spacial score (nSPS) is 13.8. The summed E-state index contributed by atoms with van der Waals surface area (Å²) >= 11 is 1.67. The van der Waals surface area contributed by atoms with Crippen LogP contribution in [0.3, 0.4) is 0 Å². The first kappa shape index (κ1) is 13.1. The Morgan fingerprint density at radius 1 is 1.50 bits per heavy atom. The van der Waals surface area contributed by atoms with Crippen LogP contribution < -0.4 is 10.1 Å². The molecule has 2 heterocycles. The highest BCUT2D eigenvalue weighted by Gasteiger charge is 2.20. The zero-order chi connectivity index (χ0) is 13.9. The fourth-order valence-corrected chi connectivity index (χ4v) is 3.48. The third kappa shape index (κ3) is 2.53. The Balaban J connectivity index is 1.74. The Kier molecular flexibility index (Phi) is 3.68. The fraction of sp³-hybridized carbons (Fsp3) is 0.462. The molecule has 0 atom stereocenters. The number of carbonyl (C=O) groups excluding carboxylic acids is 1. The molecule has 0 aromatic carbocycles. The average molecular weight is 292 g/mol. The van der Waals surface area contributed by atoms with Gasteiger partial charge in [0.1, 0.15) is 0 Å². The van der Waals surface area contributed by atoms with E-state index < -0.39 is 0 Å². The number of anilines is 1. The maximum atomic E-state index is 12.3. The zero-order valence-electron chi connectivity index (χ0n) is 11.2. The van der Waals surface area contributed by atoms with Crippen LogP contribution in [0.25, 0.3) is 0 Å². The fourth-order valence-electron chi connectivity index (χ4n) is 2.36. The van der Waals surface area contributed by atoms with Gasteiger partial charge in [0.25, 0.3) is 5.91 Å². The van der Waals surface area contributed by atoms with E-state index in [0.29, 0.717) is 12.6 Å². The minimum atomic E-state index is -0.136. The Bertz CT molecular complexity index is 620. The molecular formula is C13H16N4O2S. The quantitative estimate of drug-likeness (QED) is 0.906. The van der Waals surface area contributed by atoms with Crippen molar-refractivity contribution >= 4 is 23.2 Å². The second-order valence-corrected chi connectivity index (χ2v) is 5.58. The lowest BCUT2D eigenvalue weighted by Gasteiger charge is -2.12. The summed E-state index contributed by atoms with van der Waals surface area (Å²) in [5, 5.41) is 11.2. The van der Waals surface area contributed by atoms with E-state index in [0.717, 1.165) is 24.8 Å².